The highest BCUT2D eigenvalue weighted by Gasteiger charge is 2.35. The van der Waals surface area contributed by atoms with Gasteiger partial charge in [0.05, 0.1) is 11.0 Å². The Hall–Kier alpha value is -7.37. The highest BCUT2D eigenvalue weighted by Crippen LogP contribution is 2.50. The summed E-state index contributed by atoms with van der Waals surface area (Å²) < 4.78 is 2.23. The molecule has 5 nitrogen and oxygen atoms in total. The van der Waals surface area contributed by atoms with E-state index in [9.17, 15) is 0 Å². The molecule has 0 fully saturated rings. The summed E-state index contributed by atoms with van der Waals surface area (Å²) in [4.78, 5) is 17.8. The molecule has 0 radical (unpaired) electrons. The molecule has 0 unspecified atom stereocenters. The van der Waals surface area contributed by atoms with E-state index >= 15 is 0 Å². The number of para-hydroxylation sites is 2. The van der Waals surface area contributed by atoms with Crippen molar-refractivity contribution in [2.45, 2.75) is 19.3 Å². The molecule has 0 spiro atoms. The van der Waals surface area contributed by atoms with Crippen LogP contribution in [0.25, 0.3) is 72.4 Å². The number of fused-ring (bicyclic) bond motifs is 7. The summed E-state index contributed by atoms with van der Waals surface area (Å²) in [7, 11) is 0. The van der Waals surface area contributed by atoms with Crippen LogP contribution in [0.1, 0.15) is 25.0 Å². The van der Waals surface area contributed by atoms with E-state index in [1.165, 1.54) is 33.0 Å². The molecule has 0 atom stereocenters. The Balaban J connectivity index is 1.22. The van der Waals surface area contributed by atoms with Gasteiger partial charge in [-0.05, 0) is 99.8 Å². The summed E-state index contributed by atoms with van der Waals surface area (Å²) in [5, 5.41) is 4.64. The number of aromatic nitrogens is 4. The third-order valence-electron chi connectivity index (χ3n) is 11.6. The molecule has 1 aliphatic rings. The Labute approximate surface area is 331 Å². The van der Waals surface area contributed by atoms with Gasteiger partial charge in [-0.2, -0.15) is 9.97 Å². The lowest BCUT2D eigenvalue weighted by Gasteiger charge is -2.25. The van der Waals surface area contributed by atoms with Crippen LogP contribution in [-0.2, 0) is 5.41 Å². The summed E-state index contributed by atoms with van der Waals surface area (Å²) >= 11 is 0. The summed E-state index contributed by atoms with van der Waals surface area (Å²) in [5.74, 6) is 1.83. The van der Waals surface area contributed by atoms with Gasteiger partial charge in [-0.15, -0.1) is 0 Å². The lowest BCUT2D eigenvalue weighted by Crippen LogP contribution is -2.14. The molecule has 0 aliphatic heterocycles. The number of hydrogen-bond donors (Lipinski definition) is 0. The van der Waals surface area contributed by atoms with Gasteiger partial charge in [-0.1, -0.05) is 135 Å². The first kappa shape index (κ1) is 33.0. The standard InChI is InChI=1S/C52H37N5/c1-52(2)45-26-16-15-25-41(45)42-29-37-32-48-43(30-36(37)31-46(42)52)44-33-40(56(38-21-11-5-12-22-38)39-23-13-6-14-24-39)27-28-47(44)57(48)51-54-49(34-17-7-3-8-18-34)53-50(55-51)35-19-9-4-10-20-35/h3-33H,1-2H3. The van der Waals surface area contributed by atoms with Crippen LogP contribution in [0.4, 0.5) is 17.1 Å². The van der Waals surface area contributed by atoms with Crippen molar-refractivity contribution in [2.24, 2.45) is 0 Å². The molecule has 0 amide bonds. The van der Waals surface area contributed by atoms with E-state index in [-0.39, 0.29) is 5.41 Å². The van der Waals surface area contributed by atoms with Gasteiger partial charge in [0, 0.05) is 44.4 Å². The first-order chi connectivity index (χ1) is 28.0. The maximum atomic E-state index is 5.24. The third kappa shape index (κ3) is 5.35. The highest BCUT2D eigenvalue weighted by atomic mass is 15.2. The molecule has 0 N–H and O–H groups in total. The number of benzene rings is 8. The molecular formula is C52H37N5. The maximum Gasteiger partial charge on any atom is 0.238 e. The Morgan fingerprint density at radius 2 is 0.965 bits per heavy atom. The molecule has 8 aromatic carbocycles. The van der Waals surface area contributed by atoms with E-state index < -0.39 is 0 Å². The molecule has 57 heavy (non-hydrogen) atoms. The fourth-order valence-electron chi connectivity index (χ4n) is 8.80. The van der Waals surface area contributed by atoms with Crippen molar-refractivity contribution >= 4 is 49.6 Å². The second kappa shape index (κ2) is 12.9. The lowest BCUT2D eigenvalue weighted by molar-refractivity contribution is 0.661. The largest absolute Gasteiger partial charge is 0.310 e. The van der Waals surface area contributed by atoms with Crippen LogP contribution < -0.4 is 4.90 Å². The van der Waals surface area contributed by atoms with Crippen LogP contribution in [0.15, 0.2) is 188 Å². The second-order valence-corrected chi connectivity index (χ2v) is 15.3. The Morgan fingerprint density at radius 3 is 1.60 bits per heavy atom. The van der Waals surface area contributed by atoms with Crippen molar-refractivity contribution < 1.29 is 0 Å². The molecule has 10 aromatic rings. The van der Waals surface area contributed by atoms with Gasteiger partial charge in [-0.25, -0.2) is 4.98 Å². The minimum atomic E-state index is -0.103. The van der Waals surface area contributed by atoms with Gasteiger partial charge in [0.15, 0.2) is 11.6 Å². The summed E-state index contributed by atoms with van der Waals surface area (Å²) in [6.45, 7) is 4.69. The van der Waals surface area contributed by atoms with Crippen molar-refractivity contribution in [3.05, 3.63) is 199 Å². The van der Waals surface area contributed by atoms with E-state index in [2.05, 4.69) is 175 Å². The predicted molar refractivity (Wildman–Crippen MR) is 235 cm³/mol. The zero-order valence-corrected chi connectivity index (χ0v) is 31.6. The van der Waals surface area contributed by atoms with Gasteiger partial charge in [0.25, 0.3) is 0 Å². The zero-order chi connectivity index (χ0) is 38.1. The highest BCUT2D eigenvalue weighted by molar-refractivity contribution is 6.15. The number of hydrogen-bond acceptors (Lipinski definition) is 4. The van der Waals surface area contributed by atoms with E-state index in [1.54, 1.807) is 0 Å². The SMILES string of the molecule is CC1(C)c2ccccc2-c2cc3cc4c(cc3cc21)c1cc(N(c2ccccc2)c2ccccc2)ccc1n4-c1nc(-c2ccccc2)nc(-c2ccccc2)n1. The van der Waals surface area contributed by atoms with Crippen LogP contribution >= 0.6 is 0 Å². The van der Waals surface area contributed by atoms with Gasteiger partial charge in [0.1, 0.15) is 0 Å². The average molecular weight is 732 g/mol. The van der Waals surface area contributed by atoms with Crippen LogP contribution in [0.2, 0.25) is 0 Å². The van der Waals surface area contributed by atoms with E-state index in [1.807, 2.05) is 36.4 Å². The van der Waals surface area contributed by atoms with E-state index in [4.69, 9.17) is 15.0 Å². The van der Waals surface area contributed by atoms with E-state index in [0.29, 0.717) is 17.6 Å². The summed E-state index contributed by atoms with van der Waals surface area (Å²) in [6, 6.07) is 66.6. The summed E-state index contributed by atoms with van der Waals surface area (Å²) in [6.07, 6.45) is 0. The average Bonchev–Trinajstić information content (AvgIpc) is 3.70. The topological polar surface area (TPSA) is 46.8 Å². The van der Waals surface area contributed by atoms with Crippen molar-refractivity contribution in [3.8, 4) is 39.9 Å². The Morgan fingerprint density at radius 1 is 0.421 bits per heavy atom. The molecule has 2 heterocycles. The number of rotatable bonds is 6. The fraction of sp³-hybridized carbons (Fsp3) is 0.0577. The van der Waals surface area contributed by atoms with Crippen molar-refractivity contribution in [1.29, 1.82) is 0 Å². The minimum Gasteiger partial charge on any atom is -0.310 e. The minimum absolute atomic E-state index is 0.103. The molecule has 0 saturated heterocycles. The fourth-order valence-corrected chi connectivity index (χ4v) is 8.80. The van der Waals surface area contributed by atoms with Gasteiger partial charge in [0.2, 0.25) is 5.95 Å². The Bertz CT molecular complexity index is 3040. The molecule has 5 heteroatoms. The maximum absolute atomic E-state index is 5.24. The number of anilines is 3. The van der Waals surface area contributed by atoms with E-state index in [0.717, 1.165) is 50.0 Å². The first-order valence-electron chi connectivity index (χ1n) is 19.5. The second-order valence-electron chi connectivity index (χ2n) is 15.3. The monoisotopic (exact) mass is 731 g/mol. The van der Waals surface area contributed by atoms with Crippen LogP contribution in [-0.4, -0.2) is 19.5 Å². The van der Waals surface area contributed by atoms with Crippen LogP contribution in [0, 0.1) is 0 Å². The van der Waals surface area contributed by atoms with Crippen LogP contribution in [0.3, 0.4) is 0 Å². The molecule has 270 valence electrons. The first-order valence-corrected chi connectivity index (χ1v) is 19.5. The Kier molecular flexibility index (Phi) is 7.45. The summed E-state index contributed by atoms with van der Waals surface area (Å²) in [5.41, 5.74) is 12.4. The molecule has 2 aromatic heterocycles. The quantitative estimate of drug-likeness (QED) is 0.171. The molecule has 1 aliphatic carbocycles. The predicted octanol–water partition coefficient (Wildman–Crippen LogP) is 13.2. The normalized spacial score (nSPS) is 12.9. The third-order valence-corrected chi connectivity index (χ3v) is 11.6. The van der Waals surface area contributed by atoms with Gasteiger partial charge in [-0.3, -0.25) is 4.57 Å². The number of nitrogens with zero attached hydrogens (tertiary/aromatic N) is 5. The molecular weight excluding hydrogens is 695 g/mol. The van der Waals surface area contributed by atoms with Gasteiger partial charge < -0.3 is 4.90 Å². The van der Waals surface area contributed by atoms with Crippen LogP contribution in [0.5, 0.6) is 0 Å². The van der Waals surface area contributed by atoms with Crippen molar-refractivity contribution in [3.63, 3.8) is 0 Å². The van der Waals surface area contributed by atoms with Crippen molar-refractivity contribution in [2.75, 3.05) is 4.90 Å². The molecule has 11 rings (SSSR count). The molecule has 0 saturated carbocycles. The smallest absolute Gasteiger partial charge is 0.238 e. The molecule has 0 bridgehead atoms. The van der Waals surface area contributed by atoms with Crippen molar-refractivity contribution in [1.82, 2.24) is 19.5 Å². The van der Waals surface area contributed by atoms with Gasteiger partial charge >= 0.3 is 0 Å². The lowest BCUT2D eigenvalue weighted by atomic mass is 9.82. The zero-order valence-electron chi connectivity index (χ0n) is 31.6.